The predicted octanol–water partition coefficient (Wildman–Crippen LogP) is 3.43. The molecule has 2 rings (SSSR count). The lowest BCUT2D eigenvalue weighted by molar-refractivity contribution is -0.155. The minimum absolute atomic E-state index is 0.0617. The number of fused-ring (bicyclic) bond motifs is 1. The molecule has 1 aliphatic heterocycles. The number of ether oxygens (including phenoxy) is 1. The van der Waals surface area contributed by atoms with Crippen molar-refractivity contribution in [2.24, 2.45) is 0 Å². The molecule has 0 bridgehead atoms. The van der Waals surface area contributed by atoms with Gasteiger partial charge in [-0.25, -0.2) is 8.78 Å². The van der Waals surface area contributed by atoms with Gasteiger partial charge in [-0.3, -0.25) is 9.59 Å². The standard InChI is InChI=1S/C17H21F2NO3/c1-10(5-6-15(21)23-17(2,3)4)20-9-13-12(16(20)22)7-11(18)8-14(13)19/h7-8,10H,5-6,9H2,1-4H3. The van der Waals surface area contributed by atoms with Crippen LogP contribution in [0, 0.1) is 11.6 Å². The van der Waals surface area contributed by atoms with E-state index in [1.165, 1.54) is 4.90 Å². The quantitative estimate of drug-likeness (QED) is 0.797. The minimum Gasteiger partial charge on any atom is -0.460 e. The average molecular weight is 325 g/mol. The average Bonchev–Trinajstić information content (AvgIpc) is 2.72. The van der Waals surface area contributed by atoms with E-state index in [9.17, 15) is 18.4 Å². The number of amides is 1. The Labute approximate surface area is 134 Å². The second kappa shape index (κ2) is 6.26. The van der Waals surface area contributed by atoms with Gasteiger partial charge in [0.05, 0.1) is 5.56 Å². The molecule has 126 valence electrons. The maximum absolute atomic E-state index is 13.8. The number of nitrogens with zero attached hydrogens (tertiary/aromatic N) is 1. The molecule has 1 amide bonds. The number of rotatable bonds is 4. The van der Waals surface area contributed by atoms with Crippen LogP contribution in [0.5, 0.6) is 0 Å². The highest BCUT2D eigenvalue weighted by Gasteiger charge is 2.33. The molecule has 4 nitrogen and oxygen atoms in total. The molecule has 1 aliphatic rings. The molecule has 0 aromatic heterocycles. The highest BCUT2D eigenvalue weighted by molar-refractivity contribution is 5.98. The van der Waals surface area contributed by atoms with E-state index >= 15 is 0 Å². The van der Waals surface area contributed by atoms with Crippen molar-refractivity contribution < 1.29 is 23.1 Å². The van der Waals surface area contributed by atoms with Crippen molar-refractivity contribution in [3.8, 4) is 0 Å². The van der Waals surface area contributed by atoms with Gasteiger partial charge in [-0.1, -0.05) is 0 Å². The number of hydrogen-bond donors (Lipinski definition) is 0. The Bertz CT molecular complexity index is 637. The van der Waals surface area contributed by atoms with Gasteiger partial charge in [0.15, 0.2) is 0 Å². The van der Waals surface area contributed by atoms with E-state index in [0.717, 1.165) is 12.1 Å². The lowest BCUT2D eigenvalue weighted by atomic mass is 10.1. The Morgan fingerprint density at radius 1 is 1.35 bits per heavy atom. The summed E-state index contributed by atoms with van der Waals surface area (Å²) in [6, 6.07) is 1.56. The maximum Gasteiger partial charge on any atom is 0.306 e. The summed E-state index contributed by atoms with van der Waals surface area (Å²) in [5, 5.41) is 0. The number of carbonyl (C=O) groups excluding carboxylic acids is 2. The first kappa shape index (κ1) is 17.4. The van der Waals surface area contributed by atoms with Gasteiger partial charge < -0.3 is 9.64 Å². The van der Waals surface area contributed by atoms with Crippen LogP contribution in [0.25, 0.3) is 0 Å². The molecule has 0 N–H and O–H groups in total. The summed E-state index contributed by atoms with van der Waals surface area (Å²) in [4.78, 5) is 25.5. The monoisotopic (exact) mass is 325 g/mol. The van der Waals surface area contributed by atoms with Crippen LogP contribution in [0.4, 0.5) is 8.78 Å². The van der Waals surface area contributed by atoms with Crippen molar-refractivity contribution in [2.45, 2.75) is 58.7 Å². The Morgan fingerprint density at radius 2 is 2.00 bits per heavy atom. The summed E-state index contributed by atoms with van der Waals surface area (Å²) in [7, 11) is 0. The van der Waals surface area contributed by atoms with E-state index in [1.54, 1.807) is 27.7 Å². The van der Waals surface area contributed by atoms with Crippen molar-refractivity contribution in [2.75, 3.05) is 0 Å². The molecule has 1 heterocycles. The summed E-state index contributed by atoms with van der Waals surface area (Å²) in [5.41, 5.74) is -0.284. The molecule has 0 radical (unpaired) electrons. The lowest BCUT2D eigenvalue weighted by Gasteiger charge is -2.25. The van der Waals surface area contributed by atoms with Gasteiger partial charge in [-0.2, -0.15) is 0 Å². The Hall–Kier alpha value is -1.98. The largest absolute Gasteiger partial charge is 0.460 e. The van der Waals surface area contributed by atoms with Crippen molar-refractivity contribution in [3.05, 3.63) is 34.9 Å². The molecular weight excluding hydrogens is 304 g/mol. The van der Waals surface area contributed by atoms with Crippen LogP contribution in [-0.4, -0.2) is 28.4 Å². The van der Waals surface area contributed by atoms with Crippen molar-refractivity contribution >= 4 is 11.9 Å². The number of benzene rings is 1. The van der Waals surface area contributed by atoms with Crippen molar-refractivity contribution in [3.63, 3.8) is 0 Å². The molecule has 0 saturated carbocycles. The van der Waals surface area contributed by atoms with Crippen molar-refractivity contribution in [1.82, 2.24) is 4.90 Å². The number of esters is 1. The zero-order valence-corrected chi connectivity index (χ0v) is 13.8. The molecule has 1 unspecified atom stereocenters. The first-order chi connectivity index (χ1) is 10.6. The first-order valence-electron chi connectivity index (χ1n) is 7.59. The van der Waals surface area contributed by atoms with E-state index in [1.807, 2.05) is 0 Å². The molecule has 1 aromatic carbocycles. The van der Waals surface area contributed by atoms with Crippen molar-refractivity contribution in [1.29, 1.82) is 0 Å². The molecule has 0 saturated heterocycles. The predicted molar refractivity (Wildman–Crippen MR) is 80.8 cm³/mol. The van der Waals surface area contributed by atoms with E-state index in [2.05, 4.69) is 0 Å². The van der Waals surface area contributed by atoms with Crippen LogP contribution in [0.1, 0.15) is 56.5 Å². The summed E-state index contributed by atoms with van der Waals surface area (Å²) >= 11 is 0. The second-order valence-corrected chi connectivity index (χ2v) is 6.82. The normalized spacial score (nSPS) is 15.6. The highest BCUT2D eigenvalue weighted by Crippen LogP contribution is 2.29. The van der Waals surface area contributed by atoms with E-state index in [4.69, 9.17) is 4.74 Å². The molecular formula is C17H21F2NO3. The summed E-state index contributed by atoms with van der Waals surface area (Å²) < 4.78 is 32.3. The van der Waals surface area contributed by atoms with E-state index in [0.29, 0.717) is 6.42 Å². The molecule has 0 fully saturated rings. The fraction of sp³-hybridized carbons (Fsp3) is 0.529. The number of carbonyl (C=O) groups is 2. The van der Waals surface area contributed by atoms with Gasteiger partial charge in [-0.05, 0) is 40.2 Å². The van der Waals surface area contributed by atoms with E-state index < -0.39 is 23.1 Å². The smallest absolute Gasteiger partial charge is 0.306 e. The molecule has 23 heavy (non-hydrogen) atoms. The SMILES string of the molecule is CC(CCC(=O)OC(C)(C)C)N1Cc2c(F)cc(F)cc2C1=O. The lowest BCUT2D eigenvalue weighted by Crippen LogP contribution is -2.34. The third-order valence-corrected chi connectivity index (χ3v) is 3.70. The minimum atomic E-state index is -0.766. The van der Waals surface area contributed by atoms with Gasteiger partial charge in [-0.15, -0.1) is 0 Å². The van der Waals surface area contributed by atoms with Crippen LogP contribution in [0.2, 0.25) is 0 Å². The molecule has 0 spiro atoms. The van der Waals surface area contributed by atoms with E-state index in [-0.39, 0.29) is 36.1 Å². The fourth-order valence-corrected chi connectivity index (χ4v) is 2.58. The van der Waals surface area contributed by atoms with Gasteiger partial charge in [0.2, 0.25) is 0 Å². The fourth-order valence-electron chi connectivity index (χ4n) is 2.58. The Balaban J connectivity index is 2.00. The zero-order valence-electron chi connectivity index (χ0n) is 13.8. The molecule has 0 aliphatic carbocycles. The van der Waals surface area contributed by atoms with Crippen LogP contribution in [-0.2, 0) is 16.1 Å². The topological polar surface area (TPSA) is 46.6 Å². The zero-order chi connectivity index (χ0) is 17.4. The highest BCUT2D eigenvalue weighted by atomic mass is 19.1. The Kier molecular flexibility index (Phi) is 4.73. The molecule has 1 atom stereocenters. The van der Waals surface area contributed by atoms with Gasteiger partial charge in [0.1, 0.15) is 17.2 Å². The maximum atomic E-state index is 13.8. The van der Waals surface area contributed by atoms with Crippen LogP contribution >= 0.6 is 0 Å². The third kappa shape index (κ3) is 4.06. The summed E-state index contributed by atoms with van der Waals surface area (Å²) in [6.07, 6.45) is 0.564. The van der Waals surface area contributed by atoms with Gasteiger partial charge in [0.25, 0.3) is 5.91 Å². The van der Waals surface area contributed by atoms with Crippen LogP contribution < -0.4 is 0 Å². The number of hydrogen-bond acceptors (Lipinski definition) is 3. The summed E-state index contributed by atoms with van der Waals surface area (Å²) in [5.74, 6) is -2.23. The van der Waals surface area contributed by atoms with Crippen LogP contribution in [0.3, 0.4) is 0 Å². The Morgan fingerprint density at radius 3 is 2.61 bits per heavy atom. The first-order valence-corrected chi connectivity index (χ1v) is 7.59. The summed E-state index contributed by atoms with van der Waals surface area (Å²) in [6.45, 7) is 7.23. The second-order valence-electron chi connectivity index (χ2n) is 6.82. The number of halogens is 2. The molecule has 1 aromatic rings. The third-order valence-electron chi connectivity index (χ3n) is 3.70. The molecule has 6 heteroatoms. The van der Waals surface area contributed by atoms with Gasteiger partial charge >= 0.3 is 5.97 Å². The van der Waals surface area contributed by atoms with Gasteiger partial charge in [0, 0.05) is 30.6 Å². The van der Waals surface area contributed by atoms with Crippen LogP contribution in [0.15, 0.2) is 12.1 Å².